The molecule has 11 heavy (non-hydrogen) atoms. The van der Waals surface area contributed by atoms with Crippen LogP contribution in [0.1, 0.15) is 0 Å². The summed E-state index contributed by atoms with van der Waals surface area (Å²) in [5.41, 5.74) is 0. The maximum absolute atomic E-state index is 8.88. The molecule has 0 unspecified atom stereocenters. The van der Waals surface area contributed by atoms with Crippen LogP contribution in [-0.2, 0) is 4.57 Å². The van der Waals surface area contributed by atoms with Crippen molar-refractivity contribution in [2.24, 2.45) is 0 Å². The molecule has 7 N–H and O–H groups in total. The van der Waals surface area contributed by atoms with Crippen molar-refractivity contribution in [3.05, 3.63) is 0 Å². The van der Waals surface area contributed by atoms with Crippen LogP contribution >= 0.6 is 7.82 Å². The van der Waals surface area contributed by atoms with E-state index in [9.17, 15) is 0 Å². The summed E-state index contributed by atoms with van der Waals surface area (Å²) in [7, 11) is -9.25. The fourth-order valence-corrected chi connectivity index (χ4v) is 0. The Hall–Kier alpha value is 1.43. The van der Waals surface area contributed by atoms with E-state index >= 15 is 0 Å². The number of phosphoric acid groups is 1. The molecule has 0 saturated heterocycles. The van der Waals surface area contributed by atoms with Crippen molar-refractivity contribution >= 4 is 54.6 Å². The fourth-order valence-electron chi connectivity index (χ4n) is 0. The Balaban J connectivity index is -0.000000107. The predicted octanol–water partition coefficient (Wildman–Crippen LogP) is -3.92. The minimum Gasteiger partial charge on any atom is -0.368 e. The van der Waals surface area contributed by atoms with Gasteiger partial charge in [0, 0.05) is 37.7 Å². The van der Waals surface area contributed by atoms with E-state index in [2.05, 4.69) is 0 Å². The number of hydrogen-bond acceptors (Lipinski definition) is 5. The SMILES string of the molecule is O=P(O)(O)O.O[Si](O)(O)O.[Ca]. The first kappa shape index (κ1) is 18.3. The molecular formula is H7CaO8PSi. The van der Waals surface area contributed by atoms with Gasteiger partial charge in [0.1, 0.15) is 0 Å². The molecule has 0 aromatic rings. The summed E-state index contributed by atoms with van der Waals surface area (Å²) >= 11 is 0. The maximum Gasteiger partial charge on any atom is 0.668 e. The van der Waals surface area contributed by atoms with Crippen LogP contribution in [0.5, 0.6) is 0 Å². The molecule has 0 amide bonds. The van der Waals surface area contributed by atoms with E-state index in [1.807, 2.05) is 0 Å². The molecule has 0 atom stereocenters. The number of rotatable bonds is 0. The molecule has 8 nitrogen and oxygen atoms in total. The van der Waals surface area contributed by atoms with Crippen LogP contribution in [0.15, 0.2) is 0 Å². The second-order valence-electron chi connectivity index (χ2n) is 1.11. The fraction of sp³-hybridized carbons (Fsp3) is 0. The molecule has 0 saturated carbocycles. The van der Waals surface area contributed by atoms with Crippen LogP contribution in [0.3, 0.4) is 0 Å². The molecule has 66 valence electrons. The van der Waals surface area contributed by atoms with Gasteiger partial charge in [-0.25, -0.2) is 4.57 Å². The monoisotopic (exact) mass is 234 g/mol. The molecule has 0 heterocycles. The van der Waals surface area contributed by atoms with E-state index in [-0.39, 0.29) is 37.7 Å². The van der Waals surface area contributed by atoms with E-state index in [0.717, 1.165) is 0 Å². The average Bonchev–Trinajstić information content (AvgIpc) is 1.12. The molecule has 0 aliphatic rings. The van der Waals surface area contributed by atoms with Gasteiger partial charge in [-0.15, -0.1) is 0 Å². The van der Waals surface area contributed by atoms with Crippen LogP contribution in [0.4, 0.5) is 0 Å². The Morgan fingerprint density at radius 2 is 0.909 bits per heavy atom. The quantitative estimate of drug-likeness (QED) is 0.165. The molecule has 0 aliphatic heterocycles. The summed E-state index contributed by atoms with van der Waals surface area (Å²) in [6, 6.07) is 0. The van der Waals surface area contributed by atoms with Gasteiger partial charge in [-0.3, -0.25) is 0 Å². The van der Waals surface area contributed by atoms with Gasteiger partial charge in [0.25, 0.3) is 0 Å². The van der Waals surface area contributed by atoms with Crippen molar-refractivity contribution in [3.8, 4) is 0 Å². The van der Waals surface area contributed by atoms with Crippen LogP contribution < -0.4 is 0 Å². The van der Waals surface area contributed by atoms with Crippen LogP contribution in [0.2, 0.25) is 0 Å². The Morgan fingerprint density at radius 1 is 0.909 bits per heavy atom. The Bertz CT molecular complexity index is 106. The van der Waals surface area contributed by atoms with Crippen LogP contribution in [0.25, 0.3) is 0 Å². The van der Waals surface area contributed by atoms with Gasteiger partial charge >= 0.3 is 16.9 Å². The summed E-state index contributed by atoms with van der Waals surface area (Å²) in [6.45, 7) is 0. The first-order valence-electron chi connectivity index (χ1n) is 1.68. The largest absolute Gasteiger partial charge is 0.668 e. The van der Waals surface area contributed by atoms with Crippen molar-refractivity contribution in [3.63, 3.8) is 0 Å². The summed E-state index contributed by atoms with van der Waals surface area (Å²) in [4.78, 5) is 50.9. The zero-order valence-electron chi connectivity index (χ0n) is 5.19. The van der Waals surface area contributed by atoms with Crippen LogP contribution in [0, 0.1) is 0 Å². The van der Waals surface area contributed by atoms with Crippen LogP contribution in [-0.4, -0.2) is 80.6 Å². The van der Waals surface area contributed by atoms with E-state index < -0.39 is 16.9 Å². The second kappa shape index (κ2) is 6.89. The smallest absolute Gasteiger partial charge is 0.368 e. The molecule has 0 aliphatic carbocycles. The molecule has 0 bridgehead atoms. The van der Waals surface area contributed by atoms with E-state index in [4.69, 9.17) is 38.4 Å². The predicted molar refractivity (Wildman–Crippen MR) is 34.6 cm³/mol. The minimum absolute atomic E-state index is 0. The van der Waals surface area contributed by atoms with Gasteiger partial charge in [0.2, 0.25) is 0 Å². The minimum atomic E-state index is -4.64. The molecule has 0 spiro atoms. The summed E-state index contributed by atoms with van der Waals surface area (Å²) in [6.07, 6.45) is 0. The summed E-state index contributed by atoms with van der Waals surface area (Å²) < 4.78 is 8.88. The van der Waals surface area contributed by atoms with Crippen molar-refractivity contribution in [2.45, 2.75) is 0 Å². The van der Waals surface area contributed by atoms with Gasteiger partial charge in [-0.2, -0.15) is 0 Å². The molecule has 0 rings (SSSR count). The Labute approximate surface area is 92.5 Å². The Kier molecular flexibility index (Phi) is 11.4. The van der Waals surface area contributed by atoms with Crippen molar-refractivity contribution in [1.29, 1.82) is 0 Å². The normalized spacial score (nSPS) is 10.8. The third-order valence-electron chi connectivity index (χ3n) is 0. The number of hydrogen-bond donors (Lipinski definition) is 7. The topological polar surface area (TPSA) is 159 Å². The third-order valence-corrected chi connectivity index (χ3v) is 0. The van der Waals surface area contributed by atoms with Gasteiger partial charge in [-0.1, -0.05) is 0 Å². The molecule has 11 heteroatoms. The van der Waals surface area contributed by atoms with Gasteiger partial charge in [0.15, 0.2) is 0 Å². The summed E-state index contributed by atoms with van der Waals surface area (Å²) in [5.74, 6) is 0. The molecule has 0 aromatic carbocycles. The molecule has 2 radical (unpaired) electrons. The second-order valence-corrected chi connectivity index (χ2v) is 3.34. The van der Waals surface area contributed by atoms with Crippen molar-refractivity contribution in [1.82, 2.24) is 0 Å². The van der Waals surface area contributed by atoms with Gasteiger partial charge in [-0.05, 0) is 0 Å². The molecular weight excluding hydrogens is 227 g/mol. The average molecular weight is 234 g/mol. The zero-order valence-corrected chi connectivity index (χ0v) is 9.30. The van der Waals surface area contributed by atoms with Gasteiger partial charge in [0.05, 0.1) is 0 Å². The molecule has 0 fully saturated rings. The third kappa shape index (κ3) is 499. The van der Waals surface area contributed by atoms with E-state index in [0.29, 0.717) is 0 Å². The van der Waals surface area contributed by atoms with Crippen molar-refractivity contribution in [2.75, 3.05) is 0 Å². The van der Waals surface area contributed by atoms with Gasteiger partial charge < -0.3 is 33.9 Å². The van der Waals surface area contributed by atoms with Crippen molar-refractivity contribution < 1.29 is 38.4 Å². The standard InChI is InChI=1S/Ca.H3O4P.H4O4Si/c;2*1-5(2,3)4/h;(H3,1,2,3,4);1-4H. The maximum atomic E-state index is 8.88. The zero-order chi connectivity index (χ0) is 9.00. The molecule has 0 aromatic heterocycles. The van der Waals surface area contributed by atoms with E-state index in [1.165, 1.54) is 0 Å². The van der Waals surface area contributed by atoms with E-state index in [1.54, 1.807) is 0 Å². The first-order chi connectivity index (χ1) is 4.00. The Morgan fingerprint density at radius 3 is 0.909 bits per heavy atom. The summed E-state index contributed by atoms with van der Waals surface area (Å²) in [5, 5.41) is 0. The first-order valence-corrected chi connectivity index (χ1v) is 5.03.